The molecule has 0 aliphatic carbocycles. The average molecular weight is 419 g/mol. The number of thiocarbonyl (C=S) groups is 1. The first kappa shape index (κ1) is 19.9. The lowest BCUT2D eigenvalue weighted by Crippen LogP contribution is -2.45. The molecule has 0 unspecified atom stereocenters. The van der Waals surface area contributed by atoms with Crippen LogP contribution in [0.5, 0.6) is 11.5 Å². The zero-order valence-corrected chi connectivity index (χ0v) is 17.3. The van der Waals surface area contributed by atoms with Crippen molar-refractivity contribution in [1.29, 1.82) is 0 Å². The van der Waals surface area contributed by atoms with E-state index in [2.05, 4.69) is 15.2 Å². The van der Waals surface area contributed by atoms with Gasteiger partial charge in [0.05, 0.1) is 25.3 Å². The quantitative estimate of drug-likeness (QED) is 0.695. The second kappa shape index (κ2) is 8.98. The number of fused-ring (bicyclic) bond motifs is 2. The summed E-state index contributed by atoms with van der Waals surface area (Å²) in [5.41, 5.74) is 1.28. The molecule has 0 bridgehead atoms. The van der Waals surface area contributed by atoms with Gasteiger partial charge in [-0.2, -0.15) is 0 Å². The van der Waals surface area contributed by atoms with Gasteiger partial charge in [-0.1, -0.05) is 0 Å². The Balaban J connectivity index is 1.54. The van der Waals surface area contributed by atoms with E-state index in [1.54, 1.807) is 7.05 Å². The lowest BCUT2D eigenvalue weighted by Gasteiger charge is -2.31. The molecule has 156 valence electrons. The molecule has 0 atom stereocenters. The summed E-state index contributed by atoms with van der Waals surface area (Å²) in [7, 11) is 1.80. The third-order valence-electron chi connectivity index (χ3n) is 5.24. The highest BCUT2D eigenvalue weighted by molar-refractivity contribution is 7.80. The maximum Gasteiger partial charge on any atom is 0.253 e. The molecule has 2 aliphatic heterocycles. The van der Waals surface area contributed by atoms with Gasteiger partial charge in [0.15, 0.2) is 16.6 Å². The predicted octanol–water partition coefficient (Wildman–Crippen LogP) is 0.938. The zero-order chi connectivity index (χ0) is 20.2. The number of morpholine rings is 1. The lowest BCUT2D eigenvalue weighted by molar-refractivity contribution is 0.0357. The molecule has 3 heterocycles. The molecule has 1 aromatic heterocycles. The van der Waals surface area contributed by atoms with Crippen molar-refractivity contribution in [3.63, 3.8) is 0 Å². The highest BCUT2D eigenvalue weighted by Crippen LogP contribution is 2.33. The average Bonchev–Trinajstić information content (AvgIpc) is 2.75. The van der Waals surface area contributed by atoms with E-state index in [4.69, 9.17) is 26.4 Å². The van der Waals surface area contributed by atoms with Crippen LogP contribution in [0.4, 0.5) is 0 Å². The maximum absolute atomic E-state index is 12.7. The van der Waals surface area contributed by atoms with E-state index in [0.717, 1.165) is 50.3 Å². The van der Waals surface area contributed by atoms with Crippen molar-refractivity contribution in [2.75, 3.05) is 59.7 Å². The molecular formula is C20H26N4O4S. The van der Waals surface area contributed by atoms with Crippen molar-refractivity contribution in [1.82, 2.24) is 20.1 Å². The monoisotopic (exact) mass is 418 g/mol. The van der Waals surface area contributed by atoms with Gasteiger partial charge in [0.25, 0.3) is 5.56 Å². The Morgan fingerprint density at radius 3 is 2.62 bits per heavy atom. The smallest absolute Gasteiger partial charge is 0.253 e. The second-order valence-electron chi connectivity index (χ2n) is 7.14. The van der Waals surface area contributed by atoms with Crippen LogP contribution in [0, 0.1) is 0 Å². The maximum atomic E-state index is 12.7. The summed E-state index contributed by atoms with van der Waals surface area (Å²) >= 11 is 5.48. The zero-order valence-electron chi connectivity index (χ0n) is 16.5. The highest BCUT2D eigenvalue weighted by atomic mass is 32.1. The number of H-pyrrole nitrogens is 1. The Labute approximate surface area is 174 Å². The molecule has 0 saturated carbocycles. The molecule has 29 heavy (non-hydrogen) atoms. The number of rotatable bonds is 5. The summed E-state index contributed by atoms with van der Waals surface area (Å²) in [5.74, 6) is 1.37. The van der Waals surface area contributed by atoms with Gasteiger partial charge in [-0.25, -0.2) is 0 Å². The SMILES string of the molecule is CNC(=S)N(CCN1CCOCC1)Cc1cc2cc3c(cc2[nH]c1=O)OCCO3. The normalized spacial score (nSPS) is 16.6. The van der Waals surface area contributed by atoms with Crippen LogP contribution in [0.3, 0.4) is 0 Å². The molecule has 0 amide bonds. The summed E-state index contributed by atoms with van der Waals surface area (Å²) in [6.07, 6.45) is 0. The lowest BCUT2D eigenvalue weighted by atomic mass is 10.1. The van der Waals surface area contributed by atoms with E-state index in [-0.39, 0.29) is 5.56 Å². The molecule has 0 radical (unpaired) electrons. The van der Waals surface area contributed by atoms with Gasteiger partial charge in [0, 0.05) is 50.2 Å². The molecule has 2 N–H and O–H groups in total. The Hall–Kier alpha value is -2.36. The Morgan fingerprint density at radius 2 is 1.90 bits per heavy atom. The molecule has 9 heteroatoms. The van der Waals surface area contributed by atoms with Gasteiger partial charge in [-0.3, -0.25) is 9.69 Å². The van der Waals surface area contributed by atoms with E-state index in [1.807, 2.05) is 23.1 Å². The number of nitrogens with zero attached hydrogens (tertiary/aromatic N) is 2. The van der Waals surface area contributed by atoms with Crippen molar-refractivity contribution < 1.29 is 14.2 Å². The Bertz CT molecular complexity index is 942. The molecule has 8 nitrogen and oxygen atoms in total. The van der Waals surface area contributed by atoms with Crippen molar-refractivity contribution in [2.45, 2.75) is 6.54 Å². The molecular weight excluding hydrogens is 392 g/mol. The van der Waals surface area contributed by atoms with Crippen LogP contribution >= 0.6 is 12.2 Å². The number of hydrogen-bond donors (Lipinski definition) is 2. The van der Waals surface area contributed by atoms with E-state index >= 15 is 0 Å². The first-order valence-electron chi connectivity index (χ1n) is 9.86. The summed E-state index contributed by atoms with van der Waals surface area (Å²) in [5, 5.41) is 4.57. The first-order valence-corrected chi connectivity index (χ1v) is 10.3. The molecule has 2 aromatic rings. The van der Waals surface area contributed by atoms with Gasteiger partial charge in [-0.15, -0.1) is 0 Å². The minimum Gasteiger partial charge on any atom is -0.486 e. The Morgan fingerprint density at radius 1 is 1.17 bits per heavy atom. The molecule has 1 saturated heterocycles. The van der Waals surface area contributed by atoms with Crippen LogP contribution in [0.1, 0.15) is 5.56 Å². The van der Waals surface area contributed by atoms with E-state index in [1.165, 1.54) is 0 Å². The molecule has 2 aliphatic rings. The molecule has 4 rings (SSSR count). The third kappa shape index (κ3) is 4.63. The van der Waals surface area contributed by atoms with E-state index < -0.39 is 0 Å². The largest absolute Gasteiger partial charge is 0.486 e. The van der Waals surface area contributed by atoms with Crippen LogP contribution in [0.15, 0.2) is 23.0 Å². The van der Waals surface area contributed by atoms with Crippen LogP contribution in [0.25, 0.3) is 10.9 Å². The van der Waals surface area contributed by atoms with Gasteiger partial charge in [-0.05, 0) is 24.4 Å². The number of nitrogens with one attached hydrogen (secondary N) is 2. The molecule has 1 aromatic carbocycles. The van der Waals surface area contributed by atoms with Crippen LogP contribution in [0.2, 0.25) is 0 Å². The molecule has 0 spiro atoms. The van der Waals surface area contributed by atoms with Crippen molar-refractivity contribution in [3.8, 4) is 11.5 Å². The standard InChI is InChI=1S/C20H26N4O4S/c1-21-20(29)24(3-2-23-4-6-26-7-5-23)13-15-10-14-11-17-18(28-9-8-27-17)12-16(14)22-19(15)25/h10-12H,2-9,13H2,1H3,(H,21,29)(H,22,25). The van der Waals surface area contributed by atoms with Gasteiger partial charge < -0.3 is 29.4 Å². The number of hydrogen-bond acceptors (Lipinski definition) is 6. The summed E-state index contributed by atoms with van der Waals surface area (Å²) < 4.78 is 16.7. The van der Waals surface area contributed by atoms with Gasteiger partial charge >= 0.3 is 0 Å². The topological polar surface area (TPSA) is 79.1 Å². The fourth-order valence-electron chi connectivity index (χ4n) is 3.61. The number of benzene rings is 1. The summed E-state index contributed by atoms with van der Waals surface area (Å²) in [6, 6.07) is 5.65. The summed E-state index contributed by atoms with van der Waals surface area (Å²) in [4.78, 5) is 20.1. The minimum atomic E-state index is -0.121. The van der Waals surface area contributed by atoms with E-state index in [0.29, 0.717) is 41.9 Å². The number of pyridine rings is 1. The van der Waals surface area contributed by atoms with Gasteiger partial charge in [0.1, 0.15) is 13.2 Å². The van der Waals surface area contributed by atoms with Crippen LogP contribution < -0.4 is 20.3 Å². The third-order valence-corrected chi connectivity index (χ3v) is 5.70. The van der Waals surface area contributed by atoms with Gasteiger partial charge in [0.2, 0.25) is 0 Å². The fraction of sp³-hybridized carbons (Fsp3) is 0.500. The number of ether oxygens (including phenoxy) is 3. The van der Waals surface area contributed by atoms with Crippen molar-refractivity contribution in [2.24, 2.45) is 0 Å². The number of aromatic amines is 1. The second-order valence-corrected chi connectivity index (χ2v) is 7.52. The molecule has 1 fully saturated rings. The summed E-state index contributed by atoms with van der Waals surface area (Å²) in [6.45, 7) is 6.44. The number of aromatic nitrogens is 1. The highest BCUT2D eigenvalue weighted by Gasteiger charge is 2.17. The first-order chi connectivity index (χ1) is 14.1. The van der Waals surface area contributed by atoms with Crippen LogP contribution in [-0.2, 0) is 11.3 Å². The van der Waals surface area contributed by atoms with Crippen LogP contribution in [-0.4, -0.2) is 79.6 Å². The fourth-order valence-corrected chi connectivity index (χ4v) is 3.76. The van der Waals surface area contributed by atoms with E-state index in [9.17, 15) is 4.79 Å². The predicted molar refractivity (Wildman–Crippen MR) is 115 cm³/mol. The van der Waals surface area contributed by atoms with Crippen molar-refractivity contribution >= 4 is 28.2 Å². The Kier molecular flexibility index (Phi) is 6.17. The minimum absolute atomic E-state index is 0.121. The van der Waals surface area contributed by atoms with Crippen molar-refractivity contribution in [3.05, 3.63) is 34.1 Å².